The zero-order valence-corrected chi connectivity index (χ0v) is 23.8. The first-order chi connectivity index (χ1) is 20.0. The number of oxime groups is 1. The van der Waals surface area contributed by atoms with Gasteiger partial charge >= 0.3 is 6.18 Å². The van der Waals surface area contributed by atoms with Crippen LogP contribution in [-0.4, -0.2) is 60.1 Å². The number of thioether (sulfide) groups is 1. The second-order valence-electron chi connectivity index (χ2n) is 9.79. The summed E-state index contributed by atoms with van der Waals surface area (Å²) in [7, 11) is 0. The number of aliphatic carboxylic acids is 1. The van der Waals surface area contributed by atoms with Gasteiger partial charge in [-0.05, 0) is 60.4 Å². The van der Waals surface area contributed by atoms with E-state index >= 15 is 0 Å². The number of allylic oxidation sites excluding steroid dienone is 4. The molecule has 224 valence electrons. The smallest absolute Gasteiger partial charge is 0.411 e. The van der Waals surface area contributed by atoms with Crippen LogP contribution in [0.25, 0.3) is 0 Å². The van der Waals surface area contributed by atoms with E-state index in [0.717, 1.165) is 16.1 Å². The summed E-state index contributed by atoms with van der Waals surface area (Å²) in [6.45, 7) is 2.43. The fourth-order valence-electron chi connectivity index (χ4n) is 4.84. The van der Waals surface area contributed by atoms with Crippen molar-refractivity contribution in [3.05, 3.63) is 77.4 Å². The molecule has 0 saturated heterocycles. The van der Waals surface area contributed by atoms with Gasteiger partial charge in [-0.3, -0.25) is 4.79 Å². The lowest BCUT2D eigenvalue weighted by atomic mass is 9.90. The van der Waals surface area contributed by atoms with Crippen LogP contribution >= 0.6 is 11.8 Å². The molecular formula is C30H30F3N2O6S-. The van der Waals surface area contributed by atoms with E-state index in [-0.39, 0.29) is 36.6 Å². The minimum atomic E-state index is -4.66. The molecular weight excluding hydrogens is 573 g/mol. The maximum absolute atomic E-state index is 13.1. The van der Waals surface area contributed by atoms with Crippen molar-refractivity contribution in [2.45, 2.75) is 55.0 Å². The number of hydrogen-bond acceptors (Lipinski definition) is 8. The number of benzene rings is 2. The Morgan fingerprint density at radius 1 is 1.19 bits per heavy atom. The molecule has 4 rings (SSSR count). The van der Waals surface area contributed by atoms with E-state index < -0.39 is 24.9 Å². The Kier molecular flexibility index (Phi) is 10.00. The van der Waals surface area contributed by atoms with E-state index in [1.165, 1.54) is 11.8 Å². The minimum Gasteiger partial charge on any atom is -0.547 e. The van der Waals surface area contributed by atoms with Crippen molar-refractivity contribution in [2.24, 2.45) is 5.16 Å². The number of carbonyl (C=O) groups excluding carboxylic acids is 2. The van der Waals surface area contributed by atoms with Crippen LogP contribution in [0.1, 0.15) is 36.5 Å². The molecule has 0 bridgehead atoms. The molecule has 8 nitrogen and oxygen atoms in total. The predicted octanol–water partition coefficient (Wildman–Crippen LogP) is 4.43. The van der Waals surface area contributed by atoms with Crippen LogP contribution < -0.4 is 14.7 Å². The lowest BCUT2D eigenvalue weighted by Gasteiger charge is -2.33. The highest BCUT2D eigenvalue weighted by atomic mass is 32.2. The summed E-state index contributed by atoms with van der Waals surface area (Å²) in [5.74, 6) is -1.50. The molecule has 1 heterocycles. The molecule has 3 atom stereocenters. The normalized spacial score (nSPS) is 20.1. The molecule has 1 aliphatic heterocycles. The molecule has 0 saturated carbocycles. The number of carbonyl (C=O) groups is 2. The molecule has 2 aromatic rings. The Morgan fingerprint density at radius 2 is 1.98 bits per heavy atom. The van der Waals surface area contributed by atoms with Crippen LogP contribution in [0.5, 0.6) is 5.75 Å². The maximum atomic E-state index is 13.1. The van der Waals surface area contributed by atoms with E-state index in [2.05, 4.69) is 9.89 Å². The molecule has 0 spiro atoms. The molecule has 1 N–H and O–H groups in total. The van der Waals surface area contributed by atoms with Crippen LogP contribution in [0.15, 0.2) is 70.8 Å². The van der Waals surface area contributed by atoms with Crippen LogP contribution in [0, 0.1) is 0 Å². The van der Waals surface area contributed by atoms with Crippen molar-refractivity contribution in [3.8, 4) is 5.75 Å². The first-order valence-electron chi connectivity index (χ1n) is 13.3. The topological polar surface area (TPSA) is 111 Å². The number of ether oxygens (including phenoxy) is 2. The first-order valence-corrected chi connectivity index (χ1v) is 14.2. The number of amides is 1. The molecule has 1 amide bonds. The summed E-state index contributed by atoms with van der Waals surface area (Å²) in [4.78, 5) is 27.0. The van der Waals surface area contributed by atoms with Gasteiger partial charge < -0.3 is 29.5 Å². The van der Waals surface area contributed by atoms with Crippen molar-refractivity contribution >= 4 is 35.0 Å². The van der Waals surface area contributed by atoms with Crippen molar-refractivity contribution < 1.29 is 42.5 Å². The number of aryl methyl sites for hydroxylation is 1. The van der Waals surface area contributed by atoms with E-state index in [1.807, 2.05) is 44.2 Å². The van der Waals surface area contributed by atoms with E-state index in [0.29, 0.717) is 29.0 Å². The molecule has 12 heteroatoms. The number of rotatable bonds is 11. The molecule has 3 unspecified atom stereocenters. The lowest BCUT2D eigenvalue weighted by Crippen LogP contribution is -2.42. The quantitative estimate of drug-likeness (QED) is 0.299. The largest absolute Gasteiger partial charge is 0.547 e. The van der Waals surface area contributed by atoms with Crippen LogP contribution in [0.2, 0.25) is 0 Å². The highest BCUT2D eigenvalue weighted by Gasteiger charge is 2.32. The molecule has 42 heavy (non-hydrogen) atoms. The third-order valence-corrected chi connectivity index (χ3v) is 8.06. The number of fused-ring (bicyclic) bond motifs is 1. The minimum absolute atomic E-state index is 0.0567. The first kappa shape index (κ1) is 31.2. The van der Waals surface area contributed by atoms with Crippen molar-refractivity contribution in [1.82, 2.24) is 0 Å². The van der Waals surface area contributed by atoms with Crippen LogP contribution in [0.3, 0.4) is 0 Å². The fourth-order valence-corrected chi connectivity index (χ4v) is 5.95. The molecule has 2 aliphatic rings. The molecule has 0 radical (unpaired) electrons. The van der Waals surface area contributed by atoms with Gasteiger partial charge in [0, 0.05) is 17.2 Å². The fraction of sp³-hybridized carbons (Fsp3) is 0.367. The summed E-state index contributed by atoms with van der Waals surface area (Å²) < 4.78 is 48.0. The number of alkyl halides is 3. The van der Waals surface area contributed by atoms with Gasteiger partial charge in [-0.25, -0.2) is 0 Å². The zero-order valence-electron chi connectivity index (χ0n) is 23.0. The predicted molar refractivity (Wildman–Crippen MR) is 150 cm³/mol. The Morgan fingerprint density at radius 3 is 2.67 bits per heavy atom. The van der Waals surface area contributed by atoms with Crippen molar-refractivity contribution in [1.29, 1.82) is 0 Å². The van der Waals surface area contributed by atoms with Gasteiger partial charge in [-0.15, -0.1) is 11.8 Å². The average molecular weight is 604 g/mol. The van der Waals surface area contributed by atoms with E-state index in [9.17, 15) is 33.1 Å². The molecule has 0 aromatic heterocycles. The number of nitrogens with zero attached hydrogens (tertiary/aromatic N) is 2. The summed E-state index contributed by atoms with van der Waals surface area (Å²) in [6, 6.07) is 10.7. The van der Waals surface area contributed by atoms with Crippen molar-refractivity contribution in [2.75, 3.05) is 24.7 Å². The van der Waals surface area contributed by atoms with Gasteiger partial charge in [-0.2, -0.15) is 13.2 Å². The van der Waals surface area contributed by atoms with Gasteiger partial charge in [0.1, 0.15) is 25.1 Å². The standard InChI is InChI=1S/C30H31F3N2O6S/c1-3-19-14-22(10-8-20(19)15-26(29(37)38)41-17-30(31,32)33)40-13-12-35-25-11-9-21(16-27(25)42-18(2)28(35)36)23-6-4-5-7-24(23)34-39/h4-11,14,16,18,23,26,39H,3,12-13,15,17H2,1-2H3,(H,37,38)/p-1. The summed E-state index contributed by atoms with van der Waals surface area (Å²) in [5, 5.41) is 23.8. The highest BCUT2D eigenvalue weighted by molar-refractivity contribution is 8.01. The van der Waals surface area contributed by atoms with Crippen LogP contribution in [0.4, 0.5) is 18.9 Å². The second-order valence-corrected chi connectivity index (χ2v) is 11.2. The number of anilines is 1. The number of hydrogen-bond donors (Lipinski definition) is 1. The lowest BCUT2D eigenvalue weighted by molar-refractivity contribution is -0.319. The SMILES string of the molecule is CCc1cc(OCCN2C(=O)C(C)Sc3cc(C4C=CC=CC4=NO)ccc32)ccc1CC(OCC(F)(F)F)C(=O)[O-]. The summed E-state index contributed by atoms with van der Waals surface area (Å²) in [6.07, 6.45) is 1.17. The van der Waals surface area contributed by atoms with Gasteiger partial charge in [0.15, 0.2) is 0 Å². The highest BCUT2D eigenvalue weighted by Crippen LogP contribution is 2.41. The van der Waals surface area contributed by atoms with E-state index in [4.69, 9.17) is 4.74 Å². The Labute approximate surface area is 245 Å². The van der Waals surface area contributed by atoms with Crippen molar-refractivity contribution in [3.63, 3.8) is 0 Å². The number of halogens is 3. The number of carboxylic acids is 1. The monoisotopic (exact) mass is 603 g/mol. The second kappa shape index (κ2) is 13.5. The Balaban J connectivity index is 1.44. The molecule has 0 fully saturated rings. The zero-order chi connectivity index (χ0) is 30.4. The summed E-state index contributed by atoms with van der Waals surface area (Å²) in [5.41, 5.74) is 3.42. The van der Waals surface area contributed by atoms with Gasteiger partial charge in [-0.1, -0.05) is 42.4 Å². The third kappa shape index (κ3) is 7.54. The van der Waals surface area contributed by atoms with Gasteiger partial charge in [0.05, 0.1) is 29.2 Å². The Bertz CT molecular complexity index is 1410. The number of carboxylic acid groups (broad SMARTS) is 1. The molecule has 2 aromatic carbocycles. The van der Waals surface area contributed by atoms with Gasteiger partial charge in [0.2, 0.25) is 5.91 Å². The van der Waals surface area contributed by atoms with Crippen LogP contribution in [-0.2, 0) is 27.2 Å². The average Bonchev–Trinajstić information content (AvgIpc) is 2.96. The van der Waals surface area contributed by atoms with E-state index in [1.54, 1.807) is 35.3 Å². The molecule has 1 aliphatic carbocycles. The Hall–Kier alpha value is -3.77. The maximum Gasteiger partial charge on any atom is 0.411 e. The van der Waals surface area contributed by atoms with Gasteiger partial charge in [0.25, 0.3) is 0 Å². The third-order valence-electron chi connectivity index (χ3n) is 6.93. The summed E-state index contributed by atoms with van der Waals surface area (Å²) >= 11 is 1.46.